The third-order valence-electron chi connectivity index (χ3n) is 4.50. The minimum Gasteiger partial charge on any atom is -0.427 e. The molecule has 6 heteroatoms. The summed E-state index contributed by atoms with van der Waals surface area (Å²) in [5, 5.41) is 0.950. The number of imide groups is 1. The van der Waals surface area contributed by atoms with Gasteiger partial charge in [0.15, 0.2) is 0 Å². The number of H-pyrrole nitrogens is 1. The Morgan fingerprint density at radius 3 is 2.58 bits per heavy atom. The summed E-state index contributed by atoms with van der Waals surface area (Å²) >= 11 is 0. The first-order chi connectivity index (χ1) is 12.5. The summed E-state index contributed by atoms with van der Waals surface area (Å²) in [6.07, 6.45) is 1.93. The summed E-state index contributed by atoms with van der Waals surface area (Å²) in [7, 11) is 0. The van der Waals surface area contributed by atoms with E-state index in [2.05, 4.69) is 4.98 Å². The van der Waals surface area contributed by atoms with Crippen LogP contribution >= 0.6 is 0 Å². The minimum absolute atomic E-state index is 0.131. The second-order valence-corrected chi connectivity index (χ2v) is 6.20. The van der Waals surface area contributed by atoms with Crippen LogP contribution in [0.5, 0.6) is 5.75 Å². The van der Waals surface area contributed by atoms with E-state index < -0.39 is 11.9 Å². The Bertz CT molecular complexity index is 1020. The van der Waals surface area contributed by atoms with Crippen molar-refractivity contribution in [2.24, 2.45) is 0 Å². The first-order valence-electron chi connectivity index (χ1n) is 8.26. The van der Waals surface area contributed by atoms with E-state index in [4.69, 9.17) is 4.74 Å². The molecular weight excluding hydrogens is 332 g/mol. The molecule has 0 radical (unpaired) electrons. The van der Waals surface area contributed by atoms with Crippen LogP contribution in [-0.2, 0) is 14.4 Å². The number of aromatic amines is 1. The van der Waals surface area contributed by atoms with Crippen molar-refractivity contribution in [3.05, 3.63) is 60.3 Å². The number of hydrogen-bond acceptors (Lipinski definition) is 4. The molecule has 0 bridgehead atoms. The van der Waals surface area contributed by atoms with Crippen molar-refractivity contribution >= 4 is 34.4 Å². The van der Waals surface area contributed by atoms with Crippen LogP contribution in [0.15, 0.2) is 54.7 Å². The molecule has 130 valence electrons. The smallest absolute Gasteiger partial charge is 0.308 e. The molecule has 0 saturated carbocycles. The molecule has 1 saturated heterocycles. The highest BCUT2D eigenvalue weighted by Crippen LogP contribution is 2.36. The molecular formula is C20H16N2O4. The van der Waals surface area contributed by atoms with Gasteiger partial charge in [0.1, 0.15) is 5.75 Å². The molecule has 6 nitrogen and oxygen atoms in total. The highest BCUT2D eigenvalue weighted by atomic mass is 16.5. The number of amides is 2. The minimum atomic E-state index is -0.508. The average molecular weight is 348 g/mol. The van der Waals surface area contributed by atoms with Crippen LogP contribution in [0.2, 0.25) is 0 Å². The zero-order valence-corrected chi connectivity index (χ0v) is 14.1. The number of carbonyl (C=O) groups is 3. The Kier molecular flexibility index (Phi) is 3.80. The topological polar surface area (TPSA) is 79.5 Å². The highest BCUT2D eigenvalue weighted by molar-refractivity contribution is 6.23. The van der Waals surface area contributed by atoms with Gasteiger partial charge in [0.25, 0.3) is 0 Å². The van der Waals surface area contributed by atoms with E-state index in [-0.39, 0.29) is 18.2 Å². The molecule has 4 rings (SSSR count). The van der Waals surface area contributed by atoms with Gasteiger partial charge in [-0.05, 0) is 35.9 Å². The second kappa shape index (κ2) is 6.15. The Morgan fingerprint density at radius 1 is 1.12 bits per heavy atom. The van der Waals surface area contributed by atoms with Gasteiger partial charge in [0, 0.05) is 30.4 Å². The van der Waals surface area contributed by atoms with Crippen LogP contribution in [0.1, 0.15) is 24.8 Å². The SMILES string of the molecule is CC(=O)Oc1ccc(N2C(=O)C[C@@H](c3c[nH]c4ccccc34)C2=O)cc1. The maximum Gasteiger partial charge on any atom is 0.308 e. The highest BCUT2D eigenvalue weighted by Gasteiger charge is 2.41. The van der Waals surface area contributed by atoms with Crippen molar-refractivity contribution in [3.63, 3.8) is 0 Å². The van der Waals surface area contributed by atoms with E-state index in [9.17, 15) is 14.4 Å². The molecule has 1 aliphatic rings. The zero-order valence-electron chi connectivity index (χ0n) is 14.1. The fourth-order valence-electron chi connectivity index (χ4n) is 3.36. The molecule has 2 amide bonds. The Morgan fingerprint density at radius 2 is 1.85 bits per heavy atom. The lowest BCUT2D eigenvalue weighted by Crippen LogP contribution is -2.29. The summed E-state index contributed by atoms with van der Waals surface area (Å²) in [6, 6.07) is 14.0. The lowest BCUT2D eigenvalue weighted by Gasteiger charge is -2.15. The van der Waals surface area contributed by atoms with Crippen LogP contribution in [-0.4, -0.2) is 22.8 Å². The molecule has 0 spiro atoms. The van der Waals surface area contributed by atoms with Crippen molar-refractivity contribution < 1.29 is 19.1 Å². The van der Waals surface area contributed by atoms with Gasteiger partial charge in [-0.3, -0.25) is 19.3 Å². The maximum absolute atomic E-state index is 12.9. The van der Waals surface area contributed by atoms with E-state index >= 15 is 0 Å². The van der Waals surface area contributed by atoms with Crippen LogP contribution in [0, 0.1) is 0 Å². The molecule has 3 aromatic rings. The number of carbonyl (C=O) groups excluding carboxylic acids is 3. The third-order valence-corrected chi connectivity index (χ3v) is 4.50. The summed E-state index contributed by atoms with van der Waals surface area (Å²) < 4.78 is 4.98. The van der Waals surface area contributed by atoms with Crippen molar-refractivity contribution in [1.29, 1.82) is 0 Å². The van der Waals surface area contributed by atoms with Gasteiger partial charge in [-0.15, -0.1) is 0 Å². The predicted molar refractivity (Wildman–Crippen MR) is 95.9 cm³/mol. The third kappa shape index (κ3) is 2.65. The number of esters is 1. The molecule has 2 aromatic carbocycles. The average Bonchev–Trinajstić information content (AvgIpc) is 3.16. The van der Waals surface area contributed by atoms with E-state index in [0.29, 0.717) is 11.4 Å². The molecule has 1 fully saturated rings. The number of hydrogen-bond donors (Lipinski definition) is 1. The summed E-state index contributed by atoms with van der Waals surface area (Å²) in [5.74, 6) is -1.06. The van der Waals surface area contributed by atoms with Crippen LogP contribution in [0.25, 0.3) is 10.9 Å². The van der Waals surface area contributed by atoms with Gasteiger partial charge in [-0.25, -0.2) is 0 Å². The van der Waals surface area contributed by atoms with Crippen LogP contribution in [0.3, 0.4) is 0 Å². The molecule has 0 aliphatic carbocycles. The Hall–Kier alpha value is -3.41. The van der Waals surface area contributed by atoms with Gasteiger partial charge in [-0.1, -0.05) is 18.2 Å². The van der Waals surface area contributed by atoms with E-state index in [0.717, 1.165) is 16.5 Å². The zero-order chi connectivity index (χ0) is 18.3. The number of rotatable bonds is 3. The summed E-state index contributed by atoms with van der Waals surface area (Å²) in [5.41, 5.74) is 2.24. The van der Waals surface area contributed by atoms with Crippen molar-refractivity contribution in [2.75, 3.05) is 4.90 Å². The first kappa shape index (κ1) is 16.1. The number of anilines is 1. The molecule has 1 atom stereocenters. The maximum atomic E-state index is 12.9. The Balaban J connectivity index is 1.64. The number of nitrogens with zero attached hydrogens (tertiary/aromatic N) is 1. The van der Waals surface area contributed by atoms with Gasteiger partial charge >= 0.3 is 5.97 Å². The lowest BCUT2D eigenvalue weighted by atomic mass is 9.97. The fourth-order valence-corrected chi connectivity index (χ4v) is 3.36. The first-order valence-corrected chi connectivity index (χ1v) is 8.26. The lowest BCUT2D eigenvalue weighted by molar-refractivity contribution is -0.132. The number of nitrogens with one attached hydrogen (secondary N) is 1. The van der Waals surface area contributed by atoms with E-state index in [1.54, 1.807) is 30.5 Å². The van der Waals surface area contributed by atoms with Gasteiger partial charge in [-0.2, -0.15) is 0 Å². The largest absolute Gasteiger partial charge is 0.427 e. The standard InChI is InChI=1S/C20H16N2O4/c1-12(23)26-14-8-6-13(7-9-14)22-19(24)10-16(20(22)25)17-11-21-18-5-3-2-4-15(17)18/h2-9,11,16,21H,10H2,1H3/t16-/m0/s1. The van der Waals surface area contributed by atoms with E-state index in [1.165, 1.54) is 11.8 Å². The van der Waals surface area contributed by atoms with E-state index in [1.807, 2.05) is 24.3 Å². The van der Waals surface area contributed by atoms with Crippen molar-refractivity contribution in [2.45, 2.75) is 19.3 Å². The predicted octanol–water partition coefficient (Wildman–Crippen LogP) is 3.14. The normalized spacial score (nSPS) is 17.1. The molecule has 1 aliphatic heterocycles. The molecule has 2 heterocycles. The number of para-hydroxylation sites is 1. The molecule has 1 aromatic heterocycles. The van der Waals surface area contributed by atoms with Gasteiger partial charge in [0.2, 0.25) is 11.8 Å². The summed E-state index contributed by atoms with van der Waals surface area (Å²) in [6.45, 7) is 1.31. The summed E-state index contributed by atoms with van der Waals surface area (Å²) in [4.78, 5) is 40.8. The van der Waals surface area contributed by atoms with Crippen LogP contribution in [0.4, 0.5) is 5.69 Å². The van der Waals surface area contributed by atoms with Crippen LogP contribution < -0.4 is 9.64 Å². The number of benzene rings is 2. The Labute approximate surface area is 149 Å². The number of ether oxygens (including phenoxy) is 1. The monoisotopic (exact) mass is 348 g/mol. The fraction of sp³-hybridized carbons (Fsp3) is 0.150. The molecule has 0 unspecified atom stereocenters. The number of fused-ring (bicyclic) bond motifs is 1. The number of aromatic nitrogens is 1. The van der Waals surface area contributed by atoms with Crippen molar-refractivity contribution in [1.82, 2.24) is 4.98 Å². The molecule has 26 heavy (non-hydrogen) atoms. The molecule has 1 N–H and O–H groups in total. The quantitative estimate of drug-likeness (QED) is 0.448. The van der Waals surface area contributed by atoms with Gasteiger partial charge in [0.05, 0.1) is 11.6 Å². The van der Waals surface area contributed by atoms with Crippen molar-refractivity contribution in [3.8, 4) is 5.75 Å². The second-order valence-electron chi connectivity index (χ2n) is 6.20. The van der Waals surface area contributed by atoms with Gasteiger partial charge < -0.3 is 9.72 Å².